The maximum atomic E-state index is 2.23. The molecular weight excluding hydrogens is 192 g/mol. The van der Waals surface area contributed by atoms with Crippen LogP contribution in [0.5, 0.6) is 0 Å². The van der Waals surface area contributed by atoms with Crippen molar-refractivity contribution < 1.29 is 0 Å². The SMILES string of the molecule is C1=CC2=C(C1)CC=C2.C1=CC2=C(C1)CC=C2. The van der Waals surface area contributed by atoms with Crippen molar-refractivity contribution >= 4 is 0 Å². The fourth-order valence-electron chi connectivity index (χ4n) is 2.53. The summed E-state index contributed by atoms with van der Waals surface area (Å²) >= 11 is 0. The molecule has 0 aliphatic heterocycles. The Kier molecular flexibility index (Phi) is 2.49. The van der Waals surface area contributed by atoms with E-state index in [1.54, 1.807) is 11.1 Å². The van der Waals surface area contributed by atoms with E-state index in [-0.39, 0.29) is 0 Å². The summed E-state index contributed by atoms with van der Waals surface area (Å²) in [4.78, 5) is 0. The molecule has 0 aromatic rings. The highest BCUT2D eigenvalue weighted by atomic mass is 14.1. The van der Waals surface area contributed by atoms with Gasteiger partial charge in [0, 0.05) is 0 Å². The van der Waals surface area contributed by atoms with Crippen LogP contribution in [0.2, 0.25) is 0 Å². The van der Waals surface area contributed by atoms with Gasteiger partial charge in [0.25, 0.3) is 0 Å². The van der Waals surface area contributed by atoms with Crippen LogP contribution in [-0.2, 0) is 0 Å². The maximum absolute atomic E-state index is 2.23. The van der Waals surface area contributed by atoms with Gasteiger partial charge >= 0.3 is 0 Å². The zero-order valence-corrected chi connectivity index (χ0v) is 9.45. The van der Waals surface area contributed by atoms with Crippen molar-refractivity contribution in [2.24, 2.45) is 0 Å². The summed E-state index contributed by atoms with van der Waals surface area (Å²) in [6.45, 7) is 0. The fraction of sp³-hybridized carbons (Fsp3) is 0.250. The Bertz CT molecular complexity index is 390. The minimum atomic E-state index is 1.20. The third-order valence-corrected chi connectivity index (χ3v) is 3.46. The lowest BCUT2D eigenvalue weighted by Gasteiger charge is -1.88. The lowest BCUT2D eigenvalue weighted by atomic mass is 10.2. The predicted molar refractivity (Wildman–Crippen MR) is 69.1 cm³/mol. The van der Waals surface area contributed by atoms with Gasteiger partial charge in [0.1, 0.15) is 0 Å². The molecule has 80 valence electrons. The largest absolute Gasteiger partial charge is 0.0798 e. The van der Waals surface area contributed by atoms with E-state index in [1.165, 1.54) is 36.8 Å². The molecule has 0 nitrogen and oxygen atoms in total. The monoisotopic (exact) mass is 208 g/mol. The summed E-state index contributed by atoms with van der Waals surface area (Å²) in [6, 6.07) is 0. The fourth-order valence-corrected chi connectivity index (χ4v) is 2.53. The molecule has 0 heterocycles. The van der Waals surface area contributed by atoms with E-state index in [1.807, 2.05) is 0 Å². The van der Waals surface area contributed by atoms with Crippen molar-refractivity contribution in [3.05, 3.63) is 70.9 Å². The van der Waals surface area contributed by atoms with Crippen molar-refractivity contribution in [1.29, 1.82) is 0 Å². The van der Waals surface area contributed by atoms with Gasteiger partial charge in [0.2, 0.25) is 0 Å². The van der Waals surface area contributed by atoms with Crippen molar-refractivity contribution in [1.82, 2.24) is 0 Å². The van der Waals surface area contributed by atoms with E-state index in [0.29, 0.717) is 0 Å². The average Bonchev–Trinajstić information content (AvgIpc) is 2.99. The van der Waals surface area contributed by atoms with Crippen molar-refractivity contribution in [2.45, 2.75) is 25.7 Å². The zero-order valence-electron chi connectivity index (χ0n) is 9.45. The molecule has 0 aromatic heterocycles. The van der Waals surface area contributed by atoms with Crippen LogP contribution < -0.4 is 0 Å². The Hall–Kier alpha value is -1.56. The first kappa shape index (κ1) is 9.65. The molecule has 16 heavy (non-hydrogen) atoms. The van der Waals surface area contributed by atoms with Gasteiger partial charge in [0.15, 0.2) is 0 Å². The Morgan fingerprint density at radius 3 is 1.06 bits per heavy atom. The van der Waals surface area contributed by atoms with Crippen LogP contribution in [0.1, 0.15) is 25.7 Å². The topological polar surface area (TPSA) is 0 Å². The quantitative estimate of drug-likeness (QED) is 0.553. The summed E-state index contributed by atoms with van der Waals surface area (Å²) in [6.07, 6.45) is 22.5. The first-order valence-electron chi connectivity index (χ1n) is 6.04. The molecular formula is C16H16. The molecule has 0 aromatic carbocycles. The van der Waals surface area contributed by atoms with Crippen molar-refractivity contribution in [3.8, 4) is 0 Å². The van der Waals surface area contributed by atoms with Gasteiger partial charge in [-0.2, -0.15) is 0 Å². The second-order valence-electron chi connectivity index (χ2n) is 4.54. The molecule has 0 saturated carbocycles. The van der Waals surface area contributed by atoms with E-state index < -0.39 is 0 Å². The van der Waals surface area contributed by atoms with Crippen LogP contribution in [0.15, 0.2) is 70.9 Å². The van der Waals surface area contributed by atoms with E-state index in [0.717, 1.165) is 0 Å². The second-order valence-corrected chi connectivity index (χ2v) is 4.54. The minimum absolute atomic E-state index is 1.20. The molecule has 0 fully saturated rings. The molecule has 0 N–H and O–H groups in total. The maximum Gasteiger partial charge on any atom is -0.0123 e. The third-order valence-electron chi connectivity index (χ3n) is 3.46. The van der Waals surface area contributed by atoms with Gasteiger partial charge in [0.05, 0.1) is 0 Å². The van der Waals surface area contributed by atoms with Gasteiger partial charge in [-0.1, -0.05) is 59.8 Å². The van der Waals surface area contributed by atoms with E-state index in [4.69, 9.17) is 0 Å². The molecule has 0 saturated heterocycles. The Balaban J connectivity index is 0.000000101. The highest BCUT2D eigenvalue weighted by Gasteiger charge is 2.09. The number of allylic oxidation sites excluding steroid dienone is 12. The van der Waals surface area contributed by atoms with Gasteiger partial charge in [-0.3, -0.25) is 0 Å². The lowest BCUT2D eigenvalue weighted by Crippen LogP contribution is -1.69. The average molecular weight is 208 g/mol. The Morgan fingerprint density at radius 2 is 0.812 bits per heavy atom. The second kappa shape index (κ2) is 4.13. The summed E-state index contributed by atoms with van der Waals surface area (Å²) in [5.74, 6) is 0. The first-order chi connectivity index (χ1) is 7.93. The van der Waals surface area contributed by atoms with E-state index in [9.17, 15) is 0 Å². The molecule has 0 atom stereocenters. The van der Waals surface area contributed by atoms with Crippen molar-refractivity contribution in [3.63, 3.8) is 0 Å². The van der Waals surface area contributed by atoms with Crippen LogP contribution in [0.3, 0.4) is 0 Å². The predicted octanol–water partition coefficient (Wildman–Crippen LogP) is 4.41. The molecule has 0 bridgehead atoms. The molecule has 4 aliphatic carbocycles. The summed E-state index contributed by atoms with van der Waals surface area (Å²) in [5, 5.41) is 0. The van der Waals surface area contributed by atoms with Gasteiger partial charge < -0.3 is 0 Å². The first-order valence-corrected chi connectivity index (χ1v) is 6.04. The molecule has 0 unspecified atom stereocenters. The molecule has 0 heteroatoms. The Morgan fingerprint density at radius 1 is 0.500 bits per heavy atom. The smallest absolute Gasteiger partial charge is 0.0123 e. The minimum Gasteiger partial charge on any atom is -0.0798 e. The lowest BCUT2D eigenvalue weighted by molar-refractivity contribution is 1.15. The highest BCUT2D eigenvalue weighted by molar-refractivity contribution is 5.47. The van der Waals surface area contributed by atoms with Gasteiger partial charge in [-0.15, -0.1) is 0 Å². The summed E-state index contributed by atoms with van der Waals surface area (Å²) in [7, 11) is 0. The molecule has 4 aliphatic rings. The molecule has 0 radical (unpaired) electrons. The highest BCUT2D eigenvalue weighted by Crippen LogP contribution is 2.28. The standard InChI is InChI=1S/2C8H8/c2*1-3-7-5-2-6-8(7)4-1/h2*1-3,5H,4,6H2. The van der Waals surface area contributed by atoms with Crippen LogP contribution in [0.25, 0.3) is 0 Å². The summed E-state index contributed by atoms with van der Waals surface area (Å²) < 4.78 is 0. The normalized spacial score (nSPS) is 23.0. The van der Waals surface area contributed by atoms with Crippen LogP contribution >= 0.6 is 0 Å². The van der Waals surface area contributed by atoms with Crippen molar-refractivity contribution in [2.75, 3.05) is 0 Å². The van der Waals surface area contributed by atoms with Gasteiger partial charge in [-0.25, -0.2) is 0 Å². The van der Waals surface area contributed by atoms with Crippen LogP contribution in [0, 0.1) is 0 Å². The number of hydrogen-bond donors (Lipinski definition) is 0. The molecule has 4 rings (SSSR count). The Labute approximate surface area is 97.1 Å². The third kappa shape index (κ3) is 1.76. The molecule has 0 spiro atoms. The summed E-state index contributed by atoms with van der Waals surface area (Å²) in [5.41, 5.74) is 6.13. The van der Waals surface area contributed by atoms with Gasteiger partial charge in [-0.05, 0) is 36.8 Å². The number of rotatable bonds is 0. The van der Waals surface area contributed by atoms with Crippen LogP contribution in [0.4, 0.5) is 0 Å². The van der Waals surface area contributed by atoms with E-state index >= 15 is 0 Å². The van der Waals surface area contributed by atoms with Crippen LogP contribution in [-0.4, -0.2) is 0 Å². The van der Waals surface area contributed by atoms with E-state index in [2.05, 4.69) is 48.6 Å². The number of hydrogen-bond acceptors (Lipinski definition) is 0. The molecule has 0 amide bonds. The zero-order chi connectivity index (χ0) is 10.8.